The molecular weight excluding hydrogens is 188 g/mol. The maximum Gasteiger partial charge on any atom is 0.223 e. The Bertz CT molecular complexity index is 250. The molecule has 0 aromatic rings. The Kier molecular flexibility index (Phi) is 3.01. The second-order valence-electron chi connectivity index (χ2n) is 5.27. The molecule has 2 fully saturated rings. The minimum atomic E-state index is -0.0993. The number of hydrogen-bond donors (Lipinski definition) is 2. The summed E-state index contributed by atoms with van der Waals surface area (Å²) in [6, 6.07) is 0. The third-order valence-corrected chi connectivity index (χ3v) is 4.14. The second kappa shape index (κ2) is 4.12. The van der Waals surface area contributed by atoms with Crippen molar-refractivity contribution in [3.63, 3.8) is 0 Å². The molecule has 3 heteroatoms. The van der Waals surface area contributed by atoms with Crippen molar-refractivity contribution in [1.29, 1.82) is 0 Å². The Hall–Kier alpha value is -0.570. The van der Waals surface area contributed by atoms with Gasteiger partial charge in [0.2, 0.25) is 5.91 Å². The van der Waals surface area contributed by atoms with Crippen LogP contribution in [0.1, 0.15) is 45.4 Å². The minimum Gasteiger partial charge on any atom is -0.349 e. The third-order valence-electron chi connectivity index (χ3n) is 4.14. The zero-order chi connectivity index (χ0) is 10.9. The summed E-state index contributed by atoms with van der Waals surface area (Å²) in [6.07, 6.45) is 6.88. The summed E-state index contributed by atoms with van der Waals surface area (Å²) >= 11 is 0. The zero-order valence-electron chi connectivity index (χ0n) is 9.59. The lowest BCUT2D eigenvalue weighted by molar-refractivity contribution is -0.125. The van der Waals surface area contributed by atoms with Crippen LogP contribution in [0.25, 0.3) is 0 Å². The van der Waals surface area contributed by atoms with Crippen LogP contribution in [0.3, 0.4) is 0 Å². The molecule has 1 amide bonds. The Morgan fingerprint density at radius 2 is 2.13 bits per heavy atom. The zero-order valence-corrected chi connectivity index (χ0v) is 9.59. The predicted octanol–water partition coefficient (Wildman–Crippen LogP) is 1.42. The number of hydrogen-bond acceptors (Lipinski definition) is 2. The number of nitrogens with one attached hydrogen (secondary N) is 1. The van der Waals surface area contributed by atoms with Crippen molar-refractivity contribution >= 4 is 5.91 Å². The molecule has 0 spiro atoms. The van der Waals surface area contributed by atoms with E-state index in [4.69, 9.17) is 5.73 Å². The van der Waals surface area contributed by atoms with Gasteiger partial charge in [-0.3, -0.25) is 4.79 Å². The Labute approximate surface area is 91.8 Å². The Morgan fingerprint density at radius 1 is 1.40 bits per heavy atom. The van der Waals surface area contributed by atoms with E-state index in [0.717, 1.165) is 19.3 Å². The van der Waals surface area contributed by atoms with Gasteiger partial charge in [-0.25, -0.2) is 0 Å². The fourth-order valence-corrected chi connectivity index (χ4v) is 2.65. The van der Waals surface area contributed by atoms with Crippen molar-refractivity contribution in [2.45, 2.75) is 51.0 Å². The van der Waals surface area contributed by atoms with Crippen LogP contribution in [0.5, 0.6) is 0 Å². The van der Waals surface area contributed by atoms with Gasteiger partial charge < -0.3 is 11.1 Å². The smallest absolute Gasteiger partial charge is 0.223 e. The van der Waals surface area contributed by atoms with Crippen LogP contribution in [0.4, 0.5) is 0 Å². The number of nitrogens with two attached hydrogens (primary N) is 1. The van der Waals surface area contributed by atoms with Gasteiger partial charge in [0.15, 0.2) is 0 Å². The number of carbonyl (C=O) groups is 1. The molecule has 0 aromatic heterocycles. The van der Waals surface area contributed by atoms with Gasteiger partial charge in [-0.2, -0.15) is 0 Å². The van der Waals surface area contributed by atoms with Gasteiger partial charge in [-0.1, -0.05) is 19.8 Å². The Balaban J connectivity index is 2.01. The molecular formula is C12H22N2O. The molecule has 2 aliphatic carbocycles. The molecule has 0 radical (unpaired) electrons. The monoisotopic (exact) mass is 210 g/mol. The molecule has 2 saturated carbocycles. The fourth-order valence-electron chi connectivity index (χ4n) is 2.65. The van der Waals surface area contributed by atoms with Crippen LogP contribution < -0.4 is 11.1 Å². The van der Waals surface area contributed by atoms with Gasteiger partial charge in [0, 0.05) is 12.5 Å². The lowest BCUT2D eigenvalue weighted by atomic mass is 9.73. The summed E-state index contributed by atoms with van der Waals surface area (Å²) < 4.78 is 0. The Morgan fingerprint density at radius 3 is 2.67 bits per heavy atom. The van der Waals surface area contributed by atoms with E-state index in [1.165, 1.54) is 19.3 Å². The normalized spacial score (nSPS) is 36.3. The molecule has 3 N–H and O–H groups in total. The van der Waals surface area contributed by atoms with E-state index in [1.807, 2.05) is 0 Å². The van der Waals surface area contributed by atoms with Gasteiger partial charge in [-0.15, -0.1) is 0 Å². The van der Waals surface area contributed by atoms with Gasteiger partial charge in [0.1, 0.15) is 0 Å². The molecule has 3 nitrogen and oxygen atoms in total. The van der Waals surface area contributed by atoms with E-state index < -0.39 is 0 Å². The van der Waals surface area contributed by atoms with E-state index in [9.17, 15) is 4.79 Å². The molecule has 0 bridgehead atoms. The average molecular weight is 210 g/mol. The van der Waals surface area contributed by atoms with Gasteiger partial charge in [0.25, 0.3) is 0 Å². The first-order valence-electron chi connectivity index (χ1n) is 6.20. The molecule has 86 valence electrons. The molecule has 2 rings (SSSR count). The first kappa shape index (κ1) is 10.9. The second-order valence-corrected chi connectivity index (χ2v) is 5.27. The highest BCUT2D eigenvalue weighted by Crippen LogP contribution is 2.35. The quantitative estimate of drug-likeness (QED) is 0.740. The van der Waals surface area contributed by atoms with Crippen LogP contribution >= 0.6 is 0 Å². The highest BCUT2D eigenvalue weighted by molar-refractivity contribution is 5.81. The summed E-state index contributed by atoms with van der Waals surface area (Å²) in [5.74, 6) is 1.07. The first-order valence-corrected chi connectivity index (χ1v) is 6.20. The lowest BCUT2D eigenvalue weighted by Crippen LogP contribution is -2.59. The van der Waals surface area contributed by atoms with Crippen LogP contribution in [-0.2, 0) is 4.79 Å². The topological polar surface area (TPSA) is 55.1 Å². The highest BCUT2D eigenvalue weighted by atomic mass is 16.2. The van der Waals surface area contributed by atoms with Crippen molar-refractivity contribution in [2.24, 2.45) is 17.6 Å². The van der Waals surface area contributed by atoms with Crippen LogP contribution in [-0.4, -0.2) is 18.0 Å². The van der Waals surface area contributed by atoms with Crippen molar-refractivity contribution in [1.82, 2.24) is 5.32 Å². The number of rotatable bonds is 3. The van der Waals surface area contributed by atoms with Crippen molar-refractivity contribution in [3.8, 4) is 0 Å². The standard InChI is InChI=1S/C12H22N2O/c1-9-4-2-3-7-12(9,8-13)14-11(15)10-5-6-10/h9-10H,2-8,13H2,1H3,(H,14,15). The van der Waals surface area contributed by atoms with Crippen LogP contribution in [0.2, 0.25) is 0 Å². The number of amides is 1. The van der Waals surface area contributed by atoms with E-state index in [2.05, 4.69) is 12.2 Å². The van der Waals surface area contributed by atoms with E-state index >= 15 is 0 Å². The molecule has 15 heavy (non-hydrogen) atoms. The predicted molar refractivity (Wildman–Crippen MR) is 60.3 cm³/mol. The summed E-state index contributed by atoms with van der Waals surface area (Å²) in [4.78, 5) is 11.8. The van der Waals surface area contributed by atoms with Crippen molar-refractivity contribution in [3.05, 3.63) is 0 Å². The van der Waals surface area contributed by atoms with Gasteiger partial charge in [-0.05, 0) is 31.6 Å². The van der Waals surface area contributed by atoms with Crippen molar-refractivity contribution in [2.75, 3.05) is 6.54 Å². The largest absolute Gasteiger partial charge is 0.349 e. The maximum atomic E-state index is 11.8. The summed E-state index contributed by atoms with van der Waals surface area (Å²) in [6.45, 7) is 2.81. The maximum absolute atomic E-state index is 11.8. The van der Waals surface area contributed by atoms with E-state index in [-0.39, 0.29) is 11.4 Å². The molecule has 0 aromatic carbocycles. The summed E-state index contributed by atoms with van der Waals surface area (Å²) in [5, 5.41) is 3.23. The van der Waals surface area contributed by atoms with E-state index in [0.29, 0.717) is 18.4 Å². The summed E-state index contributed by atoms with van der Waals surface area (Å²) in [7, 11) is 0. The molecule has 0 saturated heterocycles. The first-order chi connectivity index (χ1) is 7.18. The van der Waals surface area contributed by atoms with Gasteiger partial charge in [0.05, 0.1) is 5.54 Å². The molecule has 2 atom stereocenters. The van der Waals surface area contributed by atoms with Gasteiger partial charge >= 0.3 is 0 Å². The molecule has 0 aliphatic heterocycles. The number of carbonyl (C=O) groups excluding carboxylic acids is 1. The van der Waals surface area contributed by atoms with E-state index in [1.54, 1.807) is 0 Å². The van der Waals surface area contributed by atoms with Crippen LogP contribution in [0.15, 0.2) is 0 Å². The molecule has 2 aliphatic rings. The summed E-state index contributed by atoms with van der Waals surface area (Å²) in [5.41, 5.74) is 5.78. The minimum absolute atomic E-state index is 0.0993. The average Bonchev–Trinajstić information content (AvgIpc) is 3.05. The van der Waals surface area contributed by atoms with Crippen LogP contribution in [0, 0.1) is 11.8 Å². The highest BCUT2D eigenvalue weighted by Gasteiger charge is 2.41. The molecule has 2 unspecified atom stereocenters. The third kappa shape index (κ3) is 2.17. The lowest BCUT2D eigenvalue weighted by Gasteiger charge is -2.42. The fraction of sp³-hybridized carbons (Fsp3) is 0.917. The molecule has 0 heterocycles. The van der Waals surface area contributed by atoms with Crippen molar-refractivity contribution < 1.29 is 4.79 Å². The SMILES string of the molecule is CC1CCCCC1(CN)NC(=O)C1CC1.